The zero-order valence-corrected chi connectivity index (χ0v) is 13.7. The smallest absolute Gasteiger partial charge is 0.350 e. The lowest BCUT2D eigenvalue weighted by atomic mass is 9.95. The molecule has 0 aliphatic heterocycles. The average molecular weight is 320 g/mol. The van der Waals surface area contributed by atoms with E-state index in [1.807, 2.05) is 6.92 Å². The number of thiophene rings is 1. The van der Waals surface area contributed by atoms with E-state index in [4.69, 9.17) is 4.74 Å². The maximum absolute atomic E-state index is 12.8. The molecule has 0 spiro atoms. The Morgan fingerprint density at radius 1 is 1.41 bits per heavy atom. The van der Waals surface area contributed by atoms with Crippen LogP contribution in [0, 0.1) is 6.92 Å². The van der Waals surface area contributed by atoms with Crippen LogP contribution in [0.2, 0.25) is 0 Å². The van der Waals surface area contributed by atoms with Crippen molar-refractivity contribution >= 4 is 28.2 Å². The molecule has 5 nitrogen and oxygen atoms in total. The highest BCUT2D eigenvalue weighted by molar-refractivity contribution is 7.15. The summed E-state index contributed by atoms with van der Waals surface area (Å²) in [6, 6.07) is 0.239. The molecule has 0 N–H and O–H groups in total. The summed E-state index contributed by atoms with van der Waals surface area (Å²) in [5.41, 5.74) is 0.458. The fourth-order valence-corrected chi connectivity index (χ4v) is 4.15. The highest BCUT2D eigenvalue weighted by Crippen LogP contribution is 2.30. The normalized spacial score (nSPS) is 16.1. The van der Waals surface area contributed by atoms with Crippen molar-refractivity contribution in [3.05, 3.63) is 26.4 Å². The Bertz CT molecular complexity index is 757. The molecule has 0 saturated heterocycles. The van der Waals surface area contributed by atoms with Crippen LogP contribution in [0.5, 0.6) is 0 Å². The molecule has 0 atom stereocenters. The number of rotatable bonds is 3. The van der Waals surface area contributed by atoms with Crippen LogP contribution in [0.25, 0.3) is 10.9 Å². The average Bonchev–Trinajstić information content (AvgIpc) is 2.87. The van der Waals surface area contributed by atoms with Crippen LogP contribution in [-0.2, 0) is 4.74 Å². The number of ether oxygens (including phenoxy) is 1. The molecule has 6 heteroatoms. The molecule has 2 heterocycles. The van der Waals surface area contributed by atoms with Gasteiger partial charge in [-0.1, -0.05) is 19.3 Å². The van der Waals surface area contributed by atoms with Gasteiger partial charge in [-0.15, -0.1) is 11.3 Å². The van der Waals surface area contributed by atoms with Gasteiger partial charge in [0, 0.05) is 10.9 Å². The number of carbonyl (C=O) groups is 1. The maximum atomic E-state index is 12.8. The summed E-state index contributed by atoms with van der Waals surface area (Å²) in [4.78, 5) is 30.5. The van der Waals surface area contributed by atoms with E-state index < -0.39 is 5.97 Å². The third kappa shape index (κ3) is 2.56. The fraction of sp³-hybridized carbons (Fsp3) is 0.562. The molecule has 1 aliphatic rings. The van der Waals surface area contributed by atoms with Gasteiger partial charge in [-0.25, -0.2) is 9.78 Å². The Kier molecular flexibility index (Phi) is 4.29. The molecule has 118 valence electrons. The van der Waals surface area contributed by atoms with Crippen LogP contribution >= 0.6 is 11.3 Å². The molecule has 0 unspecified atom stereocenters. The second-order valence-electron chi connectivity index (χ2n) is 5.68. The topological polar surface area (TPSA) is 61.2 Å². The number of aromatic nitrogens is 2. The standard InChI is InChI=1S/C16H20N2O3S/c1-3-21-16(20)14-13-12(10(2)22-14)15(19)18(9-17-13)11-7-5-4-6-8-11/h9,11H,3-8H2,1-2H3. The zero-order chi connectivity index (χ0) is 15.7. The summed E-state index contributed by atoms with van der Waals surface area (Å²) in [7, 11) is 0. The quantitative estimate of drug-likeness (QED) is 0.813. The van der Waals surface area contributed by atoms with Gasteiger partial charge >= 0.3 is 5.97 Å². The number of esters is 1. The first kappa shape index (κ1) is 15.2. The largest absolute Gasteiger partial charge is 0.462 e. The summed E-state index contributed by atoms with van der Waals surface area (Å²) >= 11 is 1.29. The van der Waals surface area contributed by atoms with Crippen molar-refractivity contribution in [1.29, 1.82) is 0 Å². The molecular formula is C16H20N2O3S. The van der Waals surface area contributed by atoms with Gasteiger partial charge in [-0.2, -0.15) is 0 Å². The van der Waals surface area contributed by atoms with Gasteiger partial charge in [0.25, 0.3) is 5.56 Å². The molecule has 2 aromatic rings. The Balaban J connectivity index is 2.10. The number of hydrogen-bond donors (Lipinski definition) is 0. The molecule has 0 radical (unpaired) electrons. The second-order valence-corrected chi connectivity index (χ2v) is 6.91. The minimum Gasteiger partial charge on any atom is -0.462 e. The third-order valence-electron chi connectivity index (χ3n) is 4.25. The van der Waals surface area contributed by atoms with Crippen LogP contribution in [0.1, 0.15) is 59.6 Å². The van der Waals surface area contributed by atoms with Gasteiger partial charge < -0.3 is 4.74 Å². The molecule has 1 fully saturated rings. The molecule has 1 aliphatic carbocycles. The maximum Gasteiger partial charge on any atom is 0.350 e. The van der Waals surface area contributed by atoms with E-state index in [9.17, 15) is 9.59 Å². The van der Waals surface area contributed by atoms with Gasteiger partial charge in [0.15, 0.2) is 0 Å². The Labute approximate surface area is 132 Å². The monoisotopic (exact) mass is 320 g/mol. The lowest BCUT2D eigenvalue weighted by Gasteiger charge is -2.23. The minimum atomic E-state index is -0.395. The first-order valence-electron chi connectivity index (χ1n) is 7.80. The fourth-order valence-electron chi connectivity index (χ4n) is 3.16. The van der Waals surface area contributed by atoms with Crippen LogP contribution in [0.4, 0.5) is 0 Å². The molecular weight excluding hydrogens is 300 g/mol. The number of carbonyl (C=O) groups excluding carboxylic acids is 1. The van der Waals surface area contributed by atoms with E-state index in [1.165, 1.54) is 17.8 Å². The zero-order valence-electron chi connectivity index (χ0n) is 12.9. The van der Waals surface area contributed by atoms with Gasteiger partial charge in [0.2, 0.25) is 0 Å². The van der Waals surface area contributed by atoms with E-state index in [1.54, 1.807) is 17.8 Å². The molecule has 0 aromatic carbocycles. The SMILES string of the molecule is CCOC(=O)c1sc(C)c2c(=O)n(C3CCCCC3)cnc12. The predicted octanol–water partition coefficient (Wildman–Crippen LogP) is 3.45. The van der Waals surface area contributed by atoms with Crippen molar-refractivity contribution in [2.24, 2.45) is 0 Å². The molecule has 0 bridgehead atoms. The lowest BCUT2D eigenvalue weighted by Crippen LogP contribution is -2.26. The van der Waals surface area contributed by atoms with E-state index in [0.29, 0.717) is 22.4 Å². The number of hydrogen-bond acceptors (Lipinski definition) is 5. The highest BCUT2D eigenvalue weighted by atomic mass is 32.1. The van der Waals surface area contributed by atoms with Crippen LogP contribution in [-0.4, -0.2) is 22.1 Å². The number of aryl methyl sites for hydroxylation is 1. The predicted molar refractivity (Wildman–Crippen MR) is 86.7 cm³/mol. The summed E-state index contributed by atoms with van der Waals surface area (Å²) in [6.07, 6.45) is 7.22. The van der Waals surface area contributed by atoms with Gasteiger partial charge in [0.1, 0.15) is 10.4 Å². The molecule has 2 aromatic heterocycles. The third-order valence-corrected chi connectivity index (χ3v) is 5.32. The minimum absolute atomic E-state index is 0.0267. The van der Waals surface area contributed by atoms with Gasteiger partial charge in [-0.3, -0.25) is 9.36 Å². The van der Waals surface area contributed by atoms with Gasteiger partial charge in [0.05, 0.1) is 18.3 Å². The highest BCUT2D eigenvalue weighted by Gasteiger charge is 2.23. The van der Waals surface area contributed by atoms with E-state index in [2.05, 4.69) is 4.98 Å². The van der Waals surface area contributed by atoms with Crippen molar-refractivity contribution in [3.63, 3.8) is 0 Å². The second kappa shape index (κ2) is 6.20. The van der Waals surface area contributed by atoms with E-state index in [-0.39, 0.29) is 11.6 Å². The molecule has 3 rings (SSSR count). The molecule has 0 amide bonds. The summed E-state index contributed by atoms with van der Waals surface area (Å²) in [5, 5.41) is 0.570. The first-order valence-corrected chi connectivity index (χ1v) is 8.62. The Hall–Kier alpha value is -1.69. The Morgan fingerprint density at radius 2 is 2.14 bits per heavy atom. The van der Waals surface area contributed by atoms with Gasteiger partial charge in [-0.05, 0) is 26.7 Å². The van der Waals surface area contributed by atoms with Crippen LogP contribution in [0.3, 0.4) is 0 Å². The van der Waals surface area contributed by atoms with E-state index in [0.717, 1.165) is 30.6 Å². The summed E-state index contributed by atoms with van der Waals surface area (Å²) in [6.45, 7) is 3.95. The van der Waals surface area contributed by atoms with Crippen molar-refractivity contribution in [1.82, 2.24) is 9.55 Å². The molecule has 22 heavy (non-hydrogen) atoms. The summed E-state index contributed by atoms with van der Waals surface area (Å²) in [5.74, 6) is -0.395. The van der Waals surface area contributed by atoms with E-state index >= 15 is 0 Å². The number of nitrogens with zero attached hydrogens (tertiary/aromatic N) is 2. The van der Waals surface area contributed by atoms with Crippen molar-refractivity contribution in [3.8, 4) is 0 Å². The number of fused-ring (bicyclic) bond motifs is 1. The summed E-state index contributed by atoms with van der Waals surface area (Å²) < 4.78 is 6.82. The molecule has 1 saturated carbocycles. The lowest BCUT2D eigenvalue weighted by molar-refractivity contribution is 0.0534. The Morgan fingerprint density at radius 3 is 2.82 bits per heavy atom. The van der Waals surface area contributed by atoms with Crippen molar-refractivity contribution in [2.45, 2.75) is 52.0 Å². The van der Waals surface area contributed by atoms with Crippen LogP contribution in [0.15, 0.2) is 11.1 Å². The van der Waals surface area contributed by atoms with Crippen molar-refractivity contribution < 1.29 is 9.53 Å². The first-order chi connectivity index (χ1) is 10.6. The van der Waals surface area contributed by atoms with Crippen LogP contribution < -0.4 is 5.56 Å². The van der Waals surface area contributed by atoms with Crippen molar-refractivity contribution in [2.75, 3.05) is 6.61 Å².